The molecule has 0 aromatic heterocycles. The molecule has 1 aliphatic heterocycles. The lowest BCUT2D eigenvalue weighted by molar-refractivity contribution is 0.138. The van der Waals surface area contributed by atoms with Crippen molar-refractivity contribution in [1.82, 2.24) is 13.9 Å². The lowest BCUT2D eigenvalue weighted by Crippen LogP contribution is -2.53. The highest BCUT2D eigenvalue weighted by Gasteiger charge is 2.31. The number of piperazine rings is 1. The van der Waals surface area contributed by atoms with E-state index in [9.17, 15) is 22.1 Å². The Morgan fingerprint density at radius 2 is 1.67 bits per heavy atom. The Balaban J connectivity index is 1.88. The zero-order chi connectivity index (χ0) is 20.1. The highest BCUT2D eigenvalue weighted by atomic mass is 32.2. The number of rotatable bonds is 8. The first-order chi connectivity index (χ1) is 12.7. The van der Waals surface area contributed by atoms with Gasteiger partial charge in [-0.05, 0) is 18.1 Å². The van der Waals surface area contributed by atoms with Gasteiger partial charge in [-0.25, -0.2) is 21.6 Å². The number of hydrogen-bond donors (Lipinski definition) is 1. The maximum atomic E-state index is 12.5. The van der Waals surface area contributed by atoms with Crippen LogP contribution in [0.1, 0.15) is 13.8 Å². The van der Waals surface area contributed by atoms with Crippen LogP contribution in [0.2, 0.25) is 0 Å². The third-order valence-electron chi connectivity index (χ3n) is 4.53. The number of sulfonamides is 2. The highest BCUT2D eigenvalue weighted by Crippen LogP contribution is 2.15. The summed E-state index contributed by atoms with van der Waals surface area (Å²) in [5, 5.41) is 9.27. The predicted octanol–water partition coefficient (Wildman–Crippen LogP) is 0.460. The van der Waals surface area contributed by atoms with Gasteiger partial charge in [0.15, 0.2) is 0 Å². The van der Waals surface area contributed by atoms with Crippen molar-refractivity contribution < 1.29 is 16.8 Å². The molecule has 1 fully saturated rings. The molecule has 0 saturated carbocycles. The van der Waals surface area contributed by atoms with Crippen LogP contribution in [0.5, 0.6) is 0 Å². The van der Waals surface area contributed by atoms with E-state index >= 15 is 0 Å². The van der Waals surface area contributed by atoms with Crippen LogP contribution in [0.3, 0.4) is 0 Å². The van der Waals surface area contributed by atoms with E-state index in [-0.39, 0.29) is 29.2 Å². The second-order valence-corrected chi connectivity index (χ2v) is 10.6. The van der Waals surface area contributed by atoms with E-state index in [2.05, 4.69) is 10.8 Å². The van der Waals surface area contributed by atoms with Crippen LogP contribution in [-0.2, 0) is 20.0 Å². The minimum absolute atomic E-state index is 0.104. The van der Waals surface area contributed by atoms with Crippen molar-refractivity contribution in [2.45, 2.75) is 24.8 Å². The Morgan fingerprint density at radius 1 is 1.07 bits per heavy atom. The van der Waals surface area contributed by atoms with Crippen molar-refractivity contribution in [2.24, 2.45) is 5.92 Å². The van der Waals surface area contributed by atoms with Gasteiger partial charge in [-0.1, -0.05) is 32.0 Å². The second-order valence-electron chi connectivity index (χ2n) is 6.78. The fourth-order valence-electron chi connectivity index (χ4n) is 3.03. The lowest BCUT2D eigenvalue weighted by Gasteiger charge is -2.37. The van der Waals surface area contributed by atoms with Crippen LogP contribution in [0.4, 0.5) is 0 Å². The minimum Gasteiger partial charge on any atom is -0.285 e. The smallest absolute Gasteiger partial charge is 0.240 e. The van der Waals surface area contributed by atoms with E-state index in [1.165, 1.54) is 16.4 Å². The van der Waals surface area contributed by atoms with Gasteiger partial charge in [0.05, 0.1) is 16.7 Å². The van der Waals surface area contributed by atoms with Crippen LogP contribution >= 0.6 is 0 Å². The summed E-state index contributed by atoms with van der Waals surface area (Å²) < 4.78 is 53.0. The van der Waals surface area contributed by atoms with Crippen molar-refractivity contribution in [1.29, 1.82) is 5.26 Å². The lowest BCUT2D eigenvalue weighted by atomic mass is 10.0. The SMILES string of the molecule is CC(C)[C@@H](C#N)N1CCN(S(=O)(=O)CCNS(=O)(=O)c2ccccc2)CC1. The van der Waals surface area contributed by atoms with Gasteiger partial charge in [0.2, 0.25) is 20.0 Å². The molecule has 0 amide bonds. The van der Waals surface area contributed by atoms with Gasteiger partial charge < -0.3 is 0 Å². The quantitative estimate of drug-likeness (QED) is 0.662. The van der Waals surface area contributed by atoms with Crippen molar-refractivity contribution in [3.05, 3.63) is 30.3 Å². The van der Waals surface area contributed by atoms with Crippen LogP contribution in [0.15, 0.2) is 35.2 Å². The third kappa shape index (κ3) is 5.73. The molecular formula is C17H26N4O4S2. The molecule has 1 N–H and O–H groups in total. The summed E-state index contributed by atoms with van der Waals surface area (Å²) in [6, 6.07) is 9.88. The summed E-state index contributed by atoms with van der Waals surface area (Å²) in [5.41, 5.74) is 0. The summed E-state index contributed by atoms with van der Waals surface area (Å²) in [7, 11) is -7.29. The molecular weight excluding hydrogens is 388 g/mol. The summed E-state index contributed by atoms with van der Waals surface area (Å²) in [6.07, 6.45) is 0. The van der Waals surface area contributed by atoms with Crippen LogP contribution < -0.4 is 4.72 Å². The Kier molecular flexibility index (Phi) is 7.36. The summed E-state index contributed by atoms with van der Waals surface area (Å²) in [4.78, 5) is 2.10. The number of nitrogens with zero attached hydrogens (tertiary/aromatic N) is 3. The molecule has 1 aromatic rings. The van der Waals surface area contributed by atoms with Crippen LogP contribution in [0, 0.1) is 17.2 Å². The summed E-state index contributed by atoms with van der Waals surface area (Å²) in [6.45, 7) is 5.34. The maximum Gasteiger partial charge on any atom is 0.240 e. The largest absolute Gasteiger partial charge is 0.285 e. The van der Waals surface area contributed by atoms with Gasteiger partial charge in [-0.15, -0.1) is 0 Å². The molecule has 2 rings (SSSR count). The molecule has 0 radical (unpaired) electrons. The topological polar surface area (TPSA) is 111 Å². The zero-order valence-electron chi connectivity index (χ0n) is 15.6. The molecule has 0 aliphatic carbocycles. The van der Waals surface area contributed by atoms with E-state index in [1.807, 2.05) is 18.7 Å². The van der Waals surface area contributed by atoms with Gasteiger partial charge in [-0.3, -0.25) is 4.90 Å². The molecule has 10 heteroatoms. The predicted molar refractivity (Wildman–Crippen MR) is 103 cm³/mol. The molecule has 1 saturated heterocycles. The van der Waals surface area contributed by atoms with Crippen molar-refractivity contribution in [3.63, 3.8) is 0 Å². The Morgan fingerprint density at radius 3 is 2.19 bits per heavy atom. The van der Waals surface area contributed by atoms with Gasteiger partial charge in [0.1, 0.15) is 6.04 Å². The van der Waals surface area contributed by atoms with Crippen LogP contribution in [-0.4, -0.2) is 70.6 Å². The van der Waals surface area contributed by atoms with Gasteiger partial charge >= 0.3 is 0 Å². The van der Waals surface area contributed by atoms with Crippen molar-refractivity contribution in [3.8, 4) is 6.07 Å². The highest BCUT2D eigenvalue weighted by molar-refractivity contribution is 7.90. The molecule has 150 valence electrons. The first-order valence-corrected chi connectivity index (χ1v) is 11.9. The normalized spacial score (nSPS) is 18.3. The maximum absolute atomic E-state index is 12.5. The zero-order valence-corrected chi connectivity index (χ0v) is 17.2. The number of hydrogen-bond acceptors (Lipinski definition) is 6. The average Bonchev–Trinajstić information content (AvgIpc) is 2.63. The molecule has 1 heterocycles. The van der Waals surface area contributed by atoms with Gasteiger partial charge in [0, 0.05) is 32.7 Å². The molecule has 1 aromatic carbocycles. The van der Waals surface area contributed by atoms with E-state index in [1.54, 1.807) is 18.2 Å². The van der Waals surface area contributed by atoms with Crippen molar-refractivity contribution in [2.75, 3.05) is 38.5 Å². The third-order valence-corrected chi connectivity index (χ3v) is 7.88. The van der Waals surface area contributed by atoms with E-state index in [0.717, 1.165) is 0 Å². The molecule has 27 heavy (non-hydrogen) atoms. The fraction of sp³-hybridized carbons (Fsp3) is 0.588. The van der Waals surface area contributed by atoms with Crippen molar-refractivity contribution >= 4 is 20.0 Å². The summed E-state index contributed by atoms with van der Waals surface area (Å²) >= 11 is 0. The van der Waals surface area contributed by atoms with Crippen LogP contribution in [0.25, 0.3) is 0 Å². The van der Waals surface area contributed by atoms with Gasteiger partial charge in [-0.2, -0.15) is 9.57 Å². The molecule has 0 unspecified atom stereocenters. The monoisotopic (exact) mass is 414 g/mol. The molecule has 0 bridgehead atoms. The first kappa shape index (κ1) is 21.8. The fourth-order valence-corrected chi connectivity index (χ4v) is 5.55. The Hall–Kier alpha value is -1.51. The Bertz CT molecular complexity index is 856. The van der Waals surface area contributed by atoms with Gasteiger partial charge in [0.25, 0.3) is 0 Å². The first-order valence-electron chi connectivity index (χ1n) is 8.83. The van der Waals surface area contributed by atoms with E-state index in [4.69, 9.17) is 0 Å². The summed E-state index contributed by atoms with van der Waals surface area (Å²) in [5.74, 6) is -0.129. The molecule has 1 atom stereocenters. The average molecular weight is 415 g/mol. The molecule has 1 aliphatic rings. The number of nitriles is 1. The molecule has 8 nitrogen and oxygen atoms in total. The van der Waals surface area contributed by atoms with E-state index < -0.39 is 20.0 Å². The molecule has 0 spiro atoms. The second kappa shape index (κ2) is 9.12. The standard InChI is InChI=1S/C17H26N4O4S2/c1-15(2)17(14-18)20-9-11-21(12-10-20)26(22,23)13-8-19-27(24,25)16-6-4-3-5-7-16/h3-7,15,17,19H,8-13H2,1-2H3/t17-/m1/s1. The Labute approximate surface area is 161 Å². The minimum atomic E-state index is -3.72. The van der Waals surface area contributed by atoms with E-state index in [0.29, 0.717) is 26.2 Å². The number of nitrogens with one attached hydrogen (secondary N) is 1. The number of benzene rings is 1.